The molecule has 3 aromatic rings. The van der Waals surface area contributed by atoms with Gasteiger partial charge in [0.2, 0.25) is 0 Å². The lowest BCUT2D eigenvalue weighted by Crippen LogP contribution is -2.44. The third kappa shape index (κ3) is 7.87. The first-order valence-electron chi connectivity index (χ1n) is 13.8. The van der Waals surface area contributed by atoms with Crippen LogP contribution in [-0.4, -0.2) is 46.8 Å². The average molecular weight is 563 g/mol. The van der Waals surface area contributed by atoms with E-state index in [4.69, 9.17) is 19.3 Å². The van der Waals surface area contributed by atoms with Crippen LogP contribution in [0.25, 0.3) is 0 Å². The Morgan fingerprint density at radius 2 is 1.73 bits per heavy atom. The van der Waals surface area contributed by atoms with Crippen LogP contribution in [0.1, 0.15) is 75.0 Å². The molecule has 218 valence electrons. The maximum absolute atomic E-state index is 12.9. The van der Waals surface area contributed by atoms with Crippen LogP contribution < -0.4 is 20.1 Å². The van der Waals surface area contributed by atoms with Gasteiger partial charge in [0, 0.05) is 18.0 Å². The van der Waals surface area contributed by atoms with Gasteiger partial charge in [-0.1, -0.05) is 36.4 Å². The minimum atomic E-state index is -0.414. The number of hydrogen-bond donors (Lipinski definition) is 2. The highest BCUT2D eigenvalue weighted by atomic mass is 16.6. The minimum Gasteiger partial charge on any atom is -0.488 e. The summed E-state index contributed by atoms with van der Waals surface area (Å²) in [7, 11) is 0. The molecule has 2 aromatic carbocycles. The summed E-state index contributed by atoms with van der Waals surface area (Å²) in [5.41, 5.74) is 1.66. The van der Waals surface area contributed by atoms with Gasteiger partial charge in [0.15, 0.2) is 12.9 Å². The van der Waals surface area contributed by atoms with E-state index in [1.54, 1.807) is 22.9 Å². The second-order valence-electron chi connectivity index (χ2n) is 11.4. The Labute approximate surface area is 240 Å². The Bertz CT molecular complexity index is 1360. The van der Waals surface area contributed by atoms with E-state index in [2.05, 4.69) is 10.6 Å². The first-order chi connectivity index (χ1) is 19.5. The molecule has 0 aliphatic heterocycles. The number of rotatable bonds is 11. The monoisotopic (exact) mass is 562 g/mol. The van der Waals surface area contributed by atoms with Crippen LogP contribution in [0.15, 0.2) is 54.6 Å². The van der Waals surface area contributed by atoms with E-state index >= 15 is 0 Å². The Morgan fingerprint density at radius 1 is 1.05 bits per heavy atom. The fraction of sp³-hybridized carbons (Fsp3) is 0.419. The fourth-order valence-corrected chi connectivity index (χ4v) is 4.54. The van der Waals surface area contributed by atoms with E-state index in [-0.39, 0.29) is 47.4 Å². The quantitative estimate of drug-likeness (QED) is 0.299. The van der Waals surface area contributed by atoms with Crippen LogP contribution in [0.4, 0.5) is 10.6 Å². The molecule has 1 fully saturated rings. The summed E-state index contributed by atoms with van der Waals surface area (Å²) in [6.45, 7) is 9.61. The predicted molar refractivity (Wildman–Crippen MR) is 154 cm³/mol. The van der Waals surface area contributed by atoms with Crippen LogP contribution in [0, 0.1) is 0 Å². The first kappa shape index (κ1) is 29.6. The fourth-order valence-electron chi connectivity index (χ4n) is 4.54. The summed E-state index contributed by atoms with van der Waals surface area (Å²) in [5.74, 6) is 0.951. The van der Waals surface area contributed by atoms with Gasteiger partial charge in [-0.25, -0.2) is 9.48 Å². The second-order valence-corrected chi connectivity index (χ2v) is 11.4. The lowest BCUT2D eigenvalue weighted by molar-refractivity contribution is -0.118. The molecule has 10 heteroatoms. The average Bonchev–Trinajstić information content (AvgIpc) is 3.31. The number of nitrogens with one attached hydrogen (secondary N) is 2. The molecule has 0 bridgehead atoms. The number of aldehydes is 1. The van der Waals surface area contributed by atoms with E-state index in [1.807, 2.05) is 71.0 Å². The van der Waals surface area contributed by atoms with E-state index in [0.29, 0.717) is 24.5 Å². The van der Waals surface area contributed by atoms with Crippen molar-refractivity contribution >= 4 is 24.1 Å². The first-order valence-corrected chi connectivity index (χ1v) is 13.8. The number of anilines is 1. The lowest BCUT2D eigenvalue weighted by Gasteiger charge is -2.34. The van der Waals surface area contributed by atoms with Crippen molar-refractivity contribution in [3.05, 3.63) is 71.4 Å². The normalized spacial score (nSPS) is 16.4. The molecule has 0 unspecified atom stereocenters. The molecule has 1 heterocycles. The van der Waals surface area contributed by atoms with Crippen molar-refractivity contribution in [1.82, 2.24) is 15.1 Å². The van der Waals surface area contributed by atoms with Crippen molar-refractivity contribution < 1.29 is 28.6 Å². The van der Waals surface area contributed by atoms with Gasteiger partial charge < -0.3 is 24.8 Å². The van der Waals surface area contributed by atoms with Crippen LogP contribution in [0.5, 0.6) is 11.5 Å². The van der Waals surface area contributed by atoms with E-state index in [1.165, 1.54) is 0 Å². The number of benzene rings is 2. The topological polar surface area (TPSA) is 121 Å². The number of aromatic nitrogens is 2. The molecule has 1 aromatic heterocycles. The highest BCUT2D eigenvalue weighted by molar-refractivity contribution is 5.91. The van der Waals surface area contributed by atoms with Gasteiger partial charge in [-0.3, -0.25) is 9.59 Å². The third-order valence-electron chi connectivity index (χ3n) is 6.59. The summed E-state index contributed by atoms with van der Waals surface area (Å²) >= 11 is 0. The number of ether oxygens (including phenoxy) is 3. The van der Waals surface area contributed by atoms with Crippen molar-refractivity contribution in [3.8, 4) is 11.5 Å². The van der Waals surface area contributed by atoms with Crippen molar-refractivity contribution in [1.29, 1.82) is 0 Å². The van der Waals surface area contributed by atoms with Crippen LogP contribution in [0.3, 0.4) is 0 Å². The number of amides is 2. The maximum atomic E-state index is 12.9. The molecule has 2 amide bonds. The van der Waals surface area contributed by atoms with E-state index in [9.17, 15) is 14.4 Å². The zero-order valence-electron chi connectivity index (χ0n) is 24.2. The second kappa shape index (κ2) is 12.9. The molecule has 4 rings (SSSR count). The molecule has 41 heavy (non-hydrogen) atoms. The van der Waals surface area contributed by atoms with Crippen molar-refractivity contribution in [3.63, 3.8) is 0 Å². The van der Waals surface area contributed by atoms with Crippen LogP contribution >= 0.6 is 0 Å². The van der Waals surface area contributed by atoms with Crippen molar-refractivity contribution in [2.24, 2.45) is 0 Å². The van der Waals surface area contributed by atoms with Gasteiger partial charge in [0.05, 0.1) is 22.9 Å². The molecular formula is C31H38N4O6. The zero-order valence-corrected chi connectivity index (χ0v) is 24.2. The molecule has 1 aliphatic carbocycles. The molecule has 10 nitrogen and oxygen atoms in total. The smallest absolute Gasteiger partial charge is 0.407 e. The number of hydrogen-bond acceptors (Lipinski definition) is 7. The molecule has 0 atom stereocenters. The lowest BCUT2D eigenvalue weighted by atomic mass is 9.78. The summed E-state index contributed by atoms with van der Waals surface area (Å²) in [4.78, 5) is 36.7. The minimum absolute atomic E-state index is 0.0249. The van der Waals surface area contributed by atoms with Gasteiger partial charge in [-0.15, -0.1) is 0 Å². The molecule has 2 N–H and O–H groups in total. The number of carbonyl (C=O) groups excluding carboxylic acids is 3. The number of nitrogens with zero attached hydrogens (tertiary/aromatic N) is 2. The Balaban J connectivity index is 1.37. The molecule has 0 spiro atoms. The molecule has 1 saturated carbocycles. The van der Waals surface area contributed by atoms with Gasteiger partial charge >= 0.3 is 6.09 Å². The van der Waals surface area contributed by atoms with E-state index in [0.717, 1.165) is 24.1 Å². The van der Waals surface area contributed by atoms with Crippen LogP contribution in [0.2, 0.25) is 0 Å². The Kier molecular flexibility index (Phi) is 9.31. The third-order valence-corrected chi connectivity index (χ3v) is 6.59. The van der Waals surface area contributed by atoms with Crippen molar-refractivity contribution in [2.75, 3.05) is 11.9 Å². The number of carbonyl (C=O) groups is 3. The SMILES string of the molecule is CC(C)OC(=O)NC1CC(c2cc(NC(=O)COc3cccc(OCc4ccccc4)c3C=O)n(C(C)(C)C)n2)C1. The highest BCUT2D eigenvalue weighted by Gasteiger charge is 2.35. The molecular weight excluding hydrogens is 524 g/mol. The molecule has 0 radical (unpaired) electrons. The summed E-state index contributed by atoms with van der Waals surface area (Å²) in [6.07, 6.45) is 1.55. The zero-order chi connectivity index (χ0) is 29.6. The highest BCUT2D eigenvalue weighted by Crippen LogP contribution is 2.38. The maximum Gasteiger partial charge on any atom is 0.407 e. The predicted octanol–water partition coefficient (Wildman–Crippen LogP) is 5.43. The number of alkyl carbamates (subject to hydrolysis) is 1. The largest absolute Gasteiger partial charge is 0.488 e. The Morgan fingerprint density at radius 3 is 2.37 bits per heavy atom. The summed E-state index contributed by atoms with van der Waals surface area (Å²) < 4.78 is 18.5. The van der Waals surface area contributed by atoms with Gasteiger partial charge in [0.25, 0.3) is 5.91 Å². The summed E-state index contributed by atoms with van der Waals surface area (Å²) in [6, 6.07) is 16.5. The molecule has 1 aliphatic rings. The van der Waals surface area contributed by atoms with Crippen molar-refractivity contribution in [2.45, 2.75) is 77.7 Å². The summed E-state index contributed by atoms with van der Waals surface area (Å²) in [5, 5.41) is 10.6. The van der Waals surface area contributed by atoms with Gasteiger partial charge in [-0.2, -0.15) is 5.10 Å². The van der Waals surface area contributed by atoms with Gasteiger partial charge in [-0.05, 0) is 65.2 Å². The molecule has 0 saturated heterocycles. The standard InChI is InChI=1S/C31H38N4O6/c1-20(2)41-30(38)32-23-14-22(15-23)25-16-28(35(34-25)31(3,4)5)33-29(37)19-40-27-13-9-12-26(24(27)17-36)39-18-21-10-7-6-8-11-21/h6-13,16-17,20,22-23H,14-15,18-19H2,1-5H3,(H,32,38)(H,33,37). The van der Waals surface area contributed by atoms with Gasteiger partial charge in [0.1, 0.15) is 23.9 Å². The Hall–Kier alpha value is -4.34. The van der Waals surface area contributed by atoms with Crippen LogP contribution in [-0.2, 0) is 21.7 Å². The van der Waals surface area contributed by atoms with E-state index < -0.39 is 6.09 Å².